The molecule has 1 aromatic carbocycles. The smallest absolute Gasteiger partial charge is 0.340 e. The molecule has 0 aliphatic heterocycles. The molecule has 0 atom stereocenters. The number of methoxy groups -OCH3 is 1. The SMILES string of the molecule is COc1cccc(NC(=O)COC(=O)c2ccc(NC3CC3)nc2)c1. The van der Waals surface area contributed by atoms with Crippen LogP contribution in [0, 0.1) is 0 Å². The lowest BCUT2D eigenvalue weighted by Crippen LogP contribution is -2.21. The number of carbonyl (C=O) groups excluding carboxylic acids is 2. The van der Waals surface area contributed by atoms with Crippen molar-refractivity contribution in [3.05, 3.63) is 48.2 Å². The molecular weight excluding hydrogens is 322 g/mol. The van der Waals surface area contributed by atoms with E-state index in [2.05, 4.69) is 15.6 Å². The van der Waals surface area contributed by atoms with Crippen molar-refractivity contribution in [1.29, 1.82) is 0 Å². The minimum absolute atomic E-state index is 0.301. The molecule has 1 heterocycles. The molecule has 1 saturated carbocycles. The molecule has 130 valence electrons. The van der Waals surface area contributed by atoms with Gasteiger partial charge in [-0.2, -0.15) is 0 Å². The Morgan fingerprint density at radius 3 is 2.76 bits per heavy atom. The lowest BCUT2D eigenvalue weighted by Gasteiger charge is -2.08. The standard InChI is InChI=1S/C18H19N3O4/c1-24-15-4-2-3-14(9-15)21-17(22)11-25-18(23)12-5-8-16(19-10-12)20-13-6-7-13/h2-5,8-10,13H,6-7,11H2,1H3,(H,19,20)(H,21,22). The average Bonchev–Trinajstić information content (AvgIpc) is 3.44. The van der Waals surface area contributed by atoms with E-state index < -0.39 is 11.9 Å². The summed E-state index contributed by atoms with van der Waals surface area (Å²) in [6.07, 6.45) is 3.73. The molecule has 0 radical (unpaired) electrons. The Kier molecular flexibility index (Phi) is 5.13. The fourth-order valence-corrected chi connectivity index (χ4v) is 2.15. The predicted molar refractivity (Wildman–Crippen MR) is 92.8 cm³/mol. The number of hydrogen-bond donors (Lipinski definition) is 2. The quantitative estimate of drug-likeness (QED) is 0.752. The highest BCUT2D eigenvalue weighted by Crippen LogP contribution is 2.23. The monoisotopic (exact) mass is 341 g/mol. The molecule has 2 N–H and O–H groups in total. The van der Waals surface area contributed by atoms with Crippen LogP contribution in [0.1, 0.15) is 23.2 Å². The number of nitrogens with one attached hydrogen (secondary N) is 2. The molecule has 1 aliphatic rings. The average molecular weight is 341 g/mol. The highest BCUT2D eigenvalue weighted by molar-refractivity contribution is 5.95. The molecule has 7 nitrogen and oxygen atoms in total. The van der Waals surface area contributed by atoms with Crippen LogP contribution in [0.15, 0.2) is 42.6 Å². The van der Waals surface area contributed by atoms with Gasteiger partial charge in [-0.1, -0.05) is 6.07 Å². The molecule has 2 aromatic rings. The highest BCUT2D eigenvalue weighted by Gasteiger charge is 2.21. The number of aromatic nitrogens is 1. The van der Waals surface area contributed by atoms with Crippen molar-refractivity contribution >= 4 is 23.4 Å². The lowest BCUT2D eigenvalue weighted by molar-refractivity contribution is -0.119. The van der Waals surface area contributed by atoms with Gasteiger partial charge in [-0.15, -0.1) is 0 Å². The van der Waals surface area contributed by atoms with Crippen LogP contribution in [0.3, 0.4) is 0 Å². The number of hydrogen-bond acceptors (Lipinski definition) is 6. The summed E-state index contributed by atoms with van der Waals surface area (Å²) in [6, 6.07) is 10.8. The van der Waals surface area contributed by atoms with Gasteiger partial charge in [-0.3, -0.25) is 4.79 Å². The fourth-order valence-electron chi connectivity index (χ4n) is 2.15. The molecule has 1 amide bonds. The van der Waals surface area contributed by atoms with Crippen LogP contribution in [0.4, 0.5) is 11.5 Å². The van der Waals surface area contributed by atoms with Gasteiger partial charge >= 0.3 is 5.97 Å². The Bertz CT molecular complexity index is 757. The van der Waals surface area contributed by atoms with Gasteiger partial charge in [0.15, 0.2) is 6.61 Å². The number of nitrogens with zero attached hydrogens (tertiary/aromatic N) is 1. The second-order valence-electron chi connectivity index (χ2n) is 5.71. The number of amides is 1. The van der Waals surface area contributed by atoms with E-state index in [0.29, 0.717) is 23.0 Å². The molecule has 1 aromatic heterocycles. The minimum atomic E-state index is -0.591. The van der Waals surface area contributed by atoms with Gasteiger partial charge in [0.25, 0.3) is 5.91 Å². The second-order valence-corrected chi connectivity index (χ2v) is 5.71. The molecule has 1 fully saturated rings. The first-order valence-corrected chi connectivity index (χ1v) is 7.97. The van der Waals surface area contributed by atoms with Crippen molar-refractivity contribution in [3.63, 3.8) is 0 Å². The summed E-state index contributed by atoms with van der Waals surface area (Å²) in [5.74, 6) is 0.337. The third kappa shape index (κ3) is 4.94. The number of benzene rings is 1. The minimum Gasteiger partial charge on any atom is -0.497 e. The summed E-state index contributed by atoms with van der Waals surface area (Å²) < 4.78 is 10.1. The summed E-state index contributed by atoms with van der Waals surface area (Å²) in [5.41, 5.74) is 0.869. The summed E-state index contributed by atoms with van der Waals surface area (Å²) in [6.45, 7) is -0.377. The van der Waals surface area contributed by atoms with Crippen LogP contribution >= 0.6 is 0 Å². The molecular formula is C18H19N3O4. The molecule has 3 rings (SSSR count). The molecule has 25 heavy (non-hydrogen) atoms. The predicted octanol–water partition coefficient (Wildman–Crippen LogP) is 2.46. The number of carbonyl (C=O) groups is 2. The van der Waals surface area contributed by atoms with Gasteiger partial charge in [0.1, 0.15) is 11.6 Å². The second kappa shape index (κ2) is 7.65. The molecule has 0 spiro atoms. The van der Waals surface area contributed by atoms with Crippen LogP contribution in [-0.4, -0.2) is 36.6 Å². The van der Waals surface area contributed by atoms with E-state index >= 15 is 0 Å². The zero-order valence-corrected chi connectivity index (χ0v) is 13.8. The van der Waals surface area contributed by atoms with Crippen molar-refractivity contribution in [1.82, 2.24) is 4.98 Å². The lowest BCUT2D eigenvalue weighted by atomic mass is 10.3. The molecule has 0 saturated heterocycles. The van der Waals surface area contributed by atoms with E-state index in [-0.39, 0.29) is 6.61 Å². The third-order valence-electron chi connectivity index (χ3n) is 3.62. The van der Waals surface area contributed by atoms with Gasteiger partial charge in [0.05, 0.1) is 12.7 Å². The van der Waals surface area contributed by atoms with Crippen LogP contribution in [-0.2, 0) is 9.53 Å². The maximum atomic E-state index is 12.0. The molecule has 1 aliphatic carbocycles. The van der Waals surface area contributed by atoms with Gasteiger partial charge in [0, 0.05) is 24.0 Å². The summed E-state index contributed by atoms with van der Waals surface area (Å²) in [7, 11) is 1.54. The number of rotatable bonds is 7. The van der Waals surface area contributed by atoms with Crippen molar-refractivity contribution in [3.8, 4) is 5.75 Å². The first-order chi connectivity index (χ1) is 12.1. The number of esters is 1. The zero-order valence-electron chi connectivity index (χ0n) is 13.8. The Labute approximate surface area is 145 Å². The fraction of sp³-hybridized carbons (Fsp3) is 0.278. The van der Waals surface area contributed by atoms with Crippen LogP contribution in [0.2, 0.25) is 0 Å². The zero-order chi connectivity index (χ0) is 17.6. The van der Waals surface area contributed by atoms with Crippen molar-refractivity contribution in [2.24, 2.45) is 0 Å². The van der Waals surface area contributed by atoms with E-state index in [1.807, 2.05) is 0 Å². The van der Waals surface area contributed by atoms with Gasteiger partial charge in [-0.05, 0) is 37.1 Å². The number of ether oxygens (including phenoxy) is 2. The van der Waals surface area contributed by atoms with Gasteiger partial charge < -0.3 is 20.1 Å². The molecule has 0 unspecified atom stereocenters. The highest BCUT2D eigenvalue weighted by atomic mass is 16.5. The maximum Gasteiger partial charge on any atom is 0.340 e. The first kappa shape index (κ1) is 16.8. The normalized spacial score (nSPS) is 13.0. The van der Waals surface area contributed by atoms with E-state index in [1.165, 1.54) is 6.20 Å². The van der Waals surface area contributed by atoms with Crippen LogP contribution in [0.25, 0.3) is 0 Å². The maximum absolute atomic E-state index is 12.0. The van der Waals surface area contributed by atoms with E-state index in [0.717, 1.165) is 18.7 Å². The van der Waals surface area contributed by atoms with Crippen molar-refractivity contribution in [2.45, 2.75) is 18.9 Å². The summed E-state index contributed by atoms with van der Waals surface area (Å²) >= 11 is 0. The Hall–Kier alpha value is -3.09. The molecule has 0 bridgehead atoms. The summed E-state index contributed by atoms with van der Waals surface area (Å²) in [5, 5.41) is 5.87. The number of anilines is 2. The topological polar surface area (TPSA) is 89.5 Å². The van der Waals surface area contributed by atoms with Crippen LogP contribution < -0.4 is 15.4 Å². The van der Waals surface area contributed by atoms with Crippen molar-refractivity contribution < 1.29 is 19.1 Å². The van der Waals surface area contributed by atoms with E-state index in [4.69, 9.17) is 9.47 Å². The van der Waals surface area contributed by atoms with Gasteiger partial charge in [-0.25, -0.2) is 9.78 Å². The Morgan fingerprint density at radius 1 is 1.24 bits per heavy atom. The Morgan fingerprint density at radius 2 is 2.08 bits per heavy atom. The first-order valence-electron chi connectivity index (χ1n) is 7.97. The summed E-state index contributed by atoms with van der Waals surface area (Å²) in [4.78, 5) is 28.0. The number of pyridine rings is 1. The molecule has 7 heteroatoms. The van der Waals surface area contributed by atoms with Crippen LogP contribution in [0.5, 0.6) is 5.75 Å². The Balaban J connectivity index is 1.48. The van der Waals surface area contributed by atoms with E-state index in [9.17, 15) is 9.59 Å². The largest absolute Gasteiger partial charge is 0.497 e. The van der Waals surface area contributed by atoms with Crippen molar-refractivity contribution in [2.75, 3.05) is 24.4 Å². The van der Waals surface area contributed by atoms with E-state index in [1.54, 1.807) is 43.5 Å². The van der Waals surface area contributed by atoms with Gasteiger partial charge in [0.2, 0.25) is 0 Å². The third-order valence-corrected chi connectivity index (χ3v) is 3.62.